The van der Waals surface area contributed by atoms with E-state index in [1.807, 2.05) is 13.8 Å². The molecule has 0 saturated carbocycles. The molecule has 0 saturated heterocycles. The first-order valence-corrected chi connectivity index (χ1v) is 13.4. The van der Waals surface area contributed by atoms with Crippen molar-refractivity contribution in [3.63, 3.8) is 0 Å². The van der Waals surface area contributed by atoms with Crippen LogP contribution >= 0.6 is 0 Å². The number of benzene rings is 1. The van der Waals surface area contributed by atoms with Crippen molar-refractivity contribution in [2.24, 2.45) is 5.92 Å². The van der Waals surface area contributed by atoms with Crippen LogP contribution in [0.4, 0.5) is 24.8 Å². The molecule has 0 aliphatic carbocycles. The van der Waals surface area contributed by atoms with Gasteiger partial charge in [0.15, 0.2) is 5.03 Å². The number of nitrogens with zero attached hydrogens (tertiary/aromatic N) is 3. The third-order valence-corrected chi connectivity index (χ3v) is 6.81. The highest BCUT2D eigenvalue weighted by Crippen LogP contribution is 2.38. The van der Waals surface area contributed by atoms with E-state index in [9.17, 15) is 26.4 Å². The summed E-state index contributed by atoms with van der Waals surface area (Å²) < 4.78 is 69.7. The van der Waals surface area contributed by atoms with Crippen LogP contribution in [0.15, 0.2) is 59.6 Å². The molecule has 204 valence electrons. The number of pyridine rings is 2. The number of nitrogens with one attached hydrogen (secondary N) is 1. The fourth-order valence-corrected chi connectivity index (χ4v) is 4.83. The number of carbonyl (C=O) groups is 1. The van der Waals surface area contributed by atoms with Gasteiger partial charge in [-0.05, 0) is 49.1 Å². The van der Waals surface area contributed by atoms with Crippen molar-refractivity contribution in [3.05, 3.63) is 65.7 Å². The lowest BCUT2D eigenvalue weighted by atomic mass is 10.0. The summed E-state index contributed by atoms with van der Waals surface area (Å²) in [7, 11) is -4.31. The van der Waals surface area contributed by atoms with Crippen LogP contribution in [0, 0.1) is 12.8 Å². The topological polar surface area (TPSA) is 112 Å². The zero-order valence-electron chi connectivity index (χ0n) is 21.2. The van der Waals surface area contributed by atoms with Gasteiger partial charge in [0.05, 0.1) is 11.3 Å². The average Bonchev–Trinajstić information content (AvgIpc) is 2.82. The quantitative estimate of drug-likeness (QED) is 0.320. The number of aryl methyl sites for hydroxylation is 1. The summed E-state index contributed by atoms with van der Waals surface area (Å²) in [5.74, 6) is -0.690. The third kappa shape index (κ3) is 7.44. The van der Waals surface area contributed by atoms with Crippen LogP contribution < -0.4 is 9.62 Å². The molecule has 0 aliphatic heterocycles. The zero-order valence-corrected chi connectivity index (χ0v) is 22.0. The van der Waals surface area contributed by atoms with E-state index >= 15 is 0 Å². The first kappa shape index (κ1) is 28.9. The number of alkyl halides is 3. The molecule has 1 aromatic carbocycles. The van der Waals surface area contributed by atoms with E-state index in [0.717, 1.165) is 12.1 Å². The Hall–Kier alpha value is -3.67. The van der Waals surface area contributed by atoms with E-state index in [0.29, 0.717) is 30.9 Å². The maximum Gasteiger partial charge on any atom is 0.418 e. The van der Waals surface area contributed by atoms with Gasteiger partial charge in [-0.3, -0.25) is 9.52 Å². The van der Waals surface area contributed by atoms with Crippen molar-refractivity contribution in [1.29, 1.82) is 0 Å². The van der Waals surface area contributed by atoms with Crippen molar-refractivity contribution in [2.45, 2.75) is 44.8 Å². The summed E-state index contributed by atoms with van der Waals surface area (Å²) in [6.45, 7) is 6.45. The molecular weight excluding hydrogens is 521 g/mol. The summed E-state index contributed by atoms with van der Waals surface area (Å²) in [6, 6.07) is 12.5. The molecule has 0 unspecified atom stereocenters. The fourth-order valence-electron chi connectivity index (χ4n) is 3.87. The number of aromatic nitrogens is 2. The summed E-state index contributed by atoms with van der Waals surface area (Å²) in [5, 5.41) is 8.60. The Morgan fingerprint density at radius 1 is 1.05 bits per heavy atom. The summed E-state index contributed by atoms with van der Waals surface area (Å²) in [4.78, 5) is 21.0. The molecular formula is C26H29F3N4O4S. The van der Waals surface area contributed by atoms with Gasteiger partial charge in [0, 0.05) is 25.1 Å². The SMILES string of the molecule is Cc1ccccc1-c1nc(NS(=O)(=O)c2cccc(N(CCCC(=O)O)CC(C)C)n2)ccc1C(F)(F)F. The number of hydrogen-bond donors (Lipinski definition) is 2. The Morgan fingerprint density at radius 3 is 2.39 bits per heavy atom. The van der Waals surface area contributed by atoms with Crippen molar-refractivity contribution < 1.29 is 31.5 Å². The fraction of sp³-hybridized carbons (Fsp3) is 0.346. The highest BCUT2D eigenvalue weighted by atomic mass is 32.2. The Labute approximate surface area is 219 Å². The van der Waals surface area contributed by atoms with E-state index in [1.165, 1.54) is 18.2 Å². The predicted molar refractivity (Wildman–Crippen MR) is 138 cm³/mol. The van der Waals surface area contributed by atoms with Gasteiger partial charge in [-0.25, -0.2) is 9.97 Å². The number of carboxylic acids is 1. The predicted octanol–water partition coefficient (Wildman–Crippen LogP) is 5.60. The Morgan fingerprint density at radius 2 is 1.76 bits per heavy atom. The van der Waals surface area contributed by atoms with Gasteiger partial charge in [-0.15, -0.1) is 0 Å². The van der Waals surface area contributed by atoms with Crippen molar-refractivity contribution in [2.75, 3.05) is 22.7 Å². The largest absolute Gasteiger partial charge is 0.481 e. The molecule has 0 bridgehead atoms. The van der Waals surface area contributed by atoms with Crippen LogP contribution in [-0.2, 0) is 21.0 Å². The maximum absolute atomic E-state index is 13.7. The molecule has 2 N–H and O–H groups in total. The van der Waals surface area contributed by atoms with Crippen molar-refractivity contribution in [3.8, 4) is 11.3 Å². The molecule has 0 spiro atoms. The Kier molecular flexibility index (Phi) is 8.97. The average molecular weight is 551 g/mol. The normalized spacial score (nSPS) is 12.0. The van der Waals surface area contributed by atoms with Gasteiger partial charge >= 0.3 is 12.1 Å². The summed E-state index contributed by atoms with van der Waals surface area (Å²) in [5.41, 5.74) is -0.598. The van der Waals surface area contributed by atoms with Crippen LogP contribution in [0.3, 0.4) is 0 Å². The lowest BCUT2D eigenvalue weighted by molar-refractivity contribution is -0.138. The molecule has 0 amide bonds. The minimum atomic E-state index is -4.70. The molecule has 3 rings (SSSR count). The van der Waals surface area contributed by atoms with Crippen molar-refractivity contribution in [1.82, 2.24) is 9.97 Å². The van der Waals surface area contributed by atoms with Gasteiger partial charge in [0.1, 0.15) is 11.6 Å². The van der Waals surface area contributed by atoms with Crippen LogP contribution in [-0.4, -0.2) is 42.6 Å². The lowest BCUT2D eigenvalue weighted by Crippen LogP contribution is -2.30. The first-order valence-electron chi connectivity index (χ1n) is 11.9. The van der Waals surface area contributed by atoms with Crippen LogP contribution in [0.1, 0.15) is 37.8 Å². The third-order valence-electron chi connectivity index (χ3n) is 5.55. The molecule has 3 aromatic rings. The van der Waals surface area contributed by atoms with E-state index in [4.69, 9.17) is 5.11 Å². The summed E-state index contributed by atoms with van der Waals surface area (Å²) >= 11 is 0. The molecule has 38 heavy (non-hydrogen) atoms. The standard InChI is InChI=1S/C26H29F3N4O4S/c1-17(2)16-33(15-7-12-24(34)35)22-10-6-11-23(31-22)38(36,37)32-21-14-13-20(26(27,28)29)25(30-21)19-9-5-4-8-18(19)3/h4-6,8-11,13-14,17H,7,12,15-16H2,1-3H3,(H,30,32)(H,34,35). The number of halogens is 3. The van der Waals surface area contributed by atoms with Crippen LogP contribution in [0.2, 0.25) is 0 Å². The minimum absolute atomic E-state index is 0.0447. The number of hydrogen-bond acceptors (Lipinski definition) is 6. The number of rotatable bonds is 11. The molecule has 0 radical (unpaired) electrons. The monoisotopic (exact) mass is 550 g/mol. The zero-order chi connectivity index (χ0) is 28.1. The van der Waals surface area contributed by atoms with Gasteiger partial charge in [0.2, 0.25) is 0 Å². The second-order valence-corrected chi connectivity index (χ2v) is 10.8. The second-order valence-electron chi connectivity index (χ2n) is 9.18. The van der Waals surface area contributed by atoms with E-state index in [-0.39, 0.29) is 34.4 Å². The molecule has 0 atom stereocenters. The van der Waals surface area contributed by atoms with E-state index < -0.39 is 27.7 Å². The molecule has 8 nitrogen and oxygen atoms in total. The number of aliphatic carboxylic acids is 1. The van der Waals surface area contributed by atoms with Gasteiger partial charge in [0.25, 0.3) is 10.0 Å². The molecule has 2 heterocycles. The number of anilines is 2. The van der Waals surface area contributed by atoms with E-state index in [1.54, 1.807) is 36.1 Å². The lowest BCUT2D eigenvalue weighted by Gasteiger charge is -2.25. The first-order chi connectivity index (χ1) is 17.8. The van der Waals surface area contributed by atoms with Crippen molar-refractivity contribution >= 4 is 27.6 Å². The smallest absolute Gasteiger partial charge is 0.418 e. The van der Waals surface area contributed by atoms with E-state index in [2.05, 4.69) is 14.7 Å². The number of sulfonamides is 1. The highest BCUT2D eigenvalue weighted by molar-refractivity contribution is 7.92. The minimum Gasteiger partial charge on any atom is -0.481 e. The Bertz CT molecular complexity index is 1400. The highest BCUT2D eigenvalue weighted by Gasteiger charge is 2.35. The molecule has 2 aromatic heterocycles. The van der Waals surface area contributed by atoms with Gasteiger partial charge < -0.3 is 10.0 Å². The number of carboxylic acid groups (broad SMARTS) is 1. The van der Waals surface area contributed by atoms with Crippen LogP contribution in [0.5, 0.6) is 0 Å². The summed E-state index contributed by atoms with van der Waals surface area (Å²) in [6.07, 6.45) is -4.40. The maximum atomic E-state index is 13.7. The molecule has 12 heteroatoms. The molecule has 0 aliphatic rings. The molecule has 0 fully saturated rings. The van der Waals surface area contributed by atoms with Gasteiger partial charge in [-0.1, -0.05) is 44.2 Å². The van der Waals surface area contributed by atoms with Crippen LogP contribution in [0.25, 0.3) is 11.3 Å². The van der Waals surface area contributed by atoms with Gasteiger partial charge in [-0.2, -0.15) is 21.6 Å². The Balaban J connectivity index is 1.95. The second kappa shape index (κ2) is 11.8.